The topological polar surface area (TPSA) is 49.3 Å². The minimum absolute atomic E-state index is 0.167. The highest BCUT2D eigenvalue weighted by Gasteiger charge is 2.37. The molecule has 0 heterocycles. The van der Waals surface area contributed by atoms with E-state index < -0.39 is 5.92 Å². The molecule has 1 aromatic carbocycles. The molecule has 1 fully saturated rings. The standard InChI is InChI=1S/C14H17F2NO2/c15-14(16)7-5-10(6-8-14)13(19)17-12-4-2-1-3-11(12)9-18/h1-4,10,18H,5-9H2,(H,17,19). The van der Waals surface area contributed by atoms with Crippen molar-refractivity contribution in [3.63, 3.8) is 0 Å². The van der Waals surface area contributed by atoms with Crippen molar-refractivity contribution < 1.29 is 18.7 Å². The Balaban J connectivity index is 1.98. The molecule has 1 aliphatic rings. The monoisotopic (exact) mass is 269 g/mol. The van der Waals surface area contributed by atoms with Gasteiger partial charge in [-0.3, -0.25) is 4.79 Å². The molecule has 1 aliphatic carbocycles. The Morgan fingerprint density at radius 1 is 1.32 bits per heavy atom. The summed E-state index contributed by atoms with van der Waals surface area (Å²) in [5.41, 5.74) is 1.17. The van der Waals surface area contributed by atoms with Gasteiger partial charge in [0.25, 0.3) is 0 Å². The van der Waals surface area contributed by atoms with Gasteiger partial charge in [-0.25, -0.2) is 8.78 Å². The highest BCUT2D eigenvalue weighted by atomic mass is 19.3. The van der Waals surface area contributed by atoms with Gasteiger partial charge in [0, 0.05) is 30.0 Å². The van der Waals surface area contributed by atoms with Crippen molar-refractivity contribution in [1.29, 1.82) is 0 Å². The Bertz CT molecular complexity index is 453. The smallest absolute Gasteiger partial charge is 0.248 e. The Kier molecular flexibility index (Phi) is 4.14. The lowest BCUT2D eigenvalue weighted by molar-refractivity contribution is -0.124. The lowest BCUT2D eigenvalue weighted by atomic mass is 9.86. The van der Waals surface area contributed by atoms with Crippen molar-refractivity contribution in [3.8, 4) is 0 Å². The average Bonchev–Trinajstić information content (AvgIpc) is 2.39. The first-order valence-corrected chi connectivity index (χ1v) is 6.39. The Morgan fingerprint density at radius 2 is 1.95 bits per heavy atom. The third-order valence-corrected chi connectivity index (χ3v) is 3.53. The van der Waals surface area contributed by atoms with E-state index in [1.165, 1.54) is 0 Å². The molecule has 0 bridgehead atoms. The molecule has 1 saturated carbocycles. The van der Waals surface area contributed by atoms with E-state index in [1.807, 2.05) is 0 Å². The predicted octanol–water partition coefficient (Wildman–Crippen LogP) is 2.94. The number of hydrogen-bond donors (Lipinski definition) is 2. The molecule has 0 radical (unpaired) electrons. The van der Waals surface area contributed by atoms with Crippen molar-refractivity contribution >= 4 is 11.6 Å². The van der Waals surface area contributed by atoms with Gasteiger partial charge < -0.3 is 10.4 Å². The van der Waals surface area contributed by atoms with Crippen LogP contribution in [0.5, 0.6) is 0 Å². The highest BCUT2D eigenvalue weighted by Crippen LogP contribution is 2.36. The number of halogens is 2. The molecule has 19 heavy (non-hydrogen) atoms. The molecular formula is C14H17F2NO2. The number of carbonyl (C=O) groups excluding carboxylic acids is 1. The van der Waals surface area contributed by atoms with E-state index in [1.54, 1.807) is 24.3 Å². The third kappa shape index (κ3) is 3.50. The summed E-state index contributed by atoms with van der Waals surface area (Å²) in [7, 11) is 0. The van der Waals surface area contributed by atoms with Crippen molar-refractivity contribution in [1.82, 2.24) is 0 Å². The van der Waals surface area contributed by atoms with Crippen LogP contribution >= 0.6 is 0 Å². The summed E-state index contributed by atoms with van der Waals surface area (Å²) >= 11 is 0. The molecule has 104 valence electrons. The molecule has 2 N–H and O–H groups in total. The van der Waals surface area contributed by atoms with Crippen LogP contribution in [0.2, 0.25) is 0 Å². The van der Waals surface area contributed by atoms with E-state index in [0.29, 0.717) is 11.3 Å². The second-order valence-electron chi connectivity index (χ2n) is 4.93. The van der Waals surface area contributed by atoms with Crippen LogP contribution in [0.3, 0.4) is 0 Å². The lowest BCUT2D eigenvalue weighted by Crippen LogP contribution is -2.32. The van der Waals surface area contributed by atoms with E-state index in [2.05, 4.69) is 5.32 Å². The third-order valence-electron chi connectivity index (χ3n) is 3.53. The number of benzene rings is 1. The van der Waals surface area contributed by atoms with Gasteiger partial charge in [0.05, 0.1) is 6.61 Å². The number of aliphatic hydroxyl groups is 1. The molecule has 0 unspecified atom stereocenters. The van der Waals surface area contributed by atoms with Crippen LogP contribution in [-0.2, 0) is 11.4 Å². The normalized spacial score (nSPS) is 19.1. The molecule has 2 rings (SSSR count). The molecule has 0 aliphatic heterocycles. The molecule has 0 atom stereocenters. The maximum absolute atomic E-state index is 13.0. The van der Waals surface area contributed by atoms with E-state index in [4.69, 9.17) is 5.11 Å². The van der Waals surface area contributed by atoms with Crippen molar-refractivity contribution in [3.05, 3.63) is 29.8 Å². The number of anilines is 1. The van der Waals surface area contributed by atoms with Crippen LogP contribution < -0.4 is 5.32 Å². The average molecular weight is 269 g/mol. The first-order valence-electron chi connectivity index (χ1n) is 6.39. The zero-order chi connectivity index (χ0) is 13.9. The van der Waals surface area contributed by atoms with Gasteiger partial charge in [-0.2, -0.15) is 0 Å². The largest absolute Gasteiger partial charge is 0.392 e. The van der Waals surface area contributed by atoms with Gasteiger partial charge in [0.2, 0.25) is 11.8 Å². The van der Waals surface area contributed by atoms with Crippen LogP contribution in [0, 0.1) is 5.92 Å². The summed E-state index contributed by atoms with van der Waals surface area (Å²) in [6, 6.07) is 6.93. The summed E-state index contributed by atoms with van der Waals surface area (Å²) in [6.07, 6.45) is -0.0419. The predicted molar refractivity (Wildman–Crippen MR) is 67.9 cm³/mol. The molecule has 0 spiro atoms. The fraction of sp³-hybridized carbons (Fsp3) is 0.500. The van der Waals surface area contributed by atoms with Crippen LogP contribution in [0.1, 0.15) is 31.2 Å². The summed E-state index contributed by atoms with van der Waals surface area (Å²) in [5.74, 6) is -3.23. The fourth-order valence-corrected chi connectivity index (χ4v) is 2.32. The maximum atomic E-state index is 13.0. The number of aliphatic hydroxyl groups excluding tert-OH is 1. The number of amides is 1. The van der Waals surface area contributed by atoms with Gasteiger partial charge >= 0.3 is 0 Å². The minimum Gasteiger partial charge on any atom is -0.392 e. The fourth-order valence-electron chi connectivity index (χ4n) is 2.32. The Morgan fingerprint density at radius 3 is 2.58 bits per heavy atom. The second kappa shape index (κ2) is 5.65. The first-order chi connectivity index (χ1) is 9.02. The van der Waals surface area contributed by atoms with Crippen molar-refractivity contribution in [2.75, 3.05) is 5.32 Å². The molecule has 1 amide bonds. The van der Waals surface area contributed by atoms with E-state index in [0.717, 1.165) is 0 Å². The zero-order valence-electron chi connectivity index (χ0n) is 10.5. The molecule has 5 heteroatoms. The SMILES string of the molecule is O=C(Nc1ccccc1CO)C1CCC(F)(F)CC1. The summed E-state index contributed by atoms with van der Waals surface area (Å²) in [6.45, 7) is -0.167. The number of nitrogens with one attached hydrogen (secondary N) is 1. The highest BCUT2D eigenvalue weighted by molar-refractivity contribution is 5.93. The zero-order valence-corrected chi connectivity index (χ0v) is 10.5. The van der Waals surface area contributed by atoms with Gasteiger partial charge in [0.1, 0.15) is 0 Å². The second-order valence-corrected chi connectivity index (χ2v) is 4.93. The number of hydrogen-bond acceptors (Lipinski definition) is 2. The number of alkyl halides is 2. The van der Waals surface area contributed by atoms with E-state index >= 15 is 0 Å². The molecular weight excluding hydrogens is 252 g/mol. The number of rotatable bonds is 3. The summed E-state index contributed by atoms with van der Waals surface area (Å²) in [5, 5.41) is 11.9. The van der Waals surface area contributed by atoms with Crippen molar-refractivity contribution in [2.45, 2.75) is 38.2 Å². The van der Waals surface area contributed by atoms with Crippen LogP contribution in [0.25, 0.3) is 0 Å². The van der Waals surface area contributed by atoms with Crippen LogP contribution in [-0.4, -0.2) is 16.9 Å². The quantitative estimate of drug-likeness (QED) is 0.886. The Hall–Kier alpha value is -1.49. The van der Waals surface area contributed by atoms with Gasteiger partial charge in [0.15, 0.2) is 0 Å². The Labute approximate surface area is 110 Å². The lowest BCUT2D eigenvalue weighted by Gasteiger charge is -2.27. The summed E-state index contributed by atoms with van der Waals surface area (Å²) in [4.78, 5) is 12.0. The van der Waals surface area contributed by atoms with Gasteiger partial charge in [-0.05, 0) is 18.9 Å². The minimum atomic E-state index is -2.63. The molecule has 0 aromatic heterocycles. The maximum Gasteiger partial charge on any atom is 0.248 e. The van der Waals surface area contributed by atoms with E-state index in [-0.39, 0.29) is 44.1 Å². The first kappa shape index (κ1) is 13.9. The summed E-state index contributed by atoms with van der Waals surface area (Å²) < 4.78 is 26.0. The van der Waals surface area contributed by atoms with E-state index in [9.17, 15) is 13.6 Å². The number of para-hydroxylation sites is 1. The van der Waals surface area contributed by atoms with Gasteiger partial charge in [-0.1, -0.05) is 18.2 Å². The van der Waals surface area contributed by atoms with Gasteiger partial charge in [-0.15, -0.1) is 0 Å². The molecule has 1 aromatic rings. The molecule has 0 saturated heterocycles. The van der Waals surface area contributed by atoms with Crippen LogP contribution in [0.15, 0.2) is 24.3 Å². The molecule has 3 nitrogen and oxygen atoms in total. The van der Waals surface area contributed by atoms with Crippen molar-refractivity contribution in [2.24, 2.45) is 5.92 Å². The van der Waals surface area contributed by atoms with Crippen LogP contribution in [0.4, 0.5) is 14.5 Å². The number of carbonyl (C=O) groups is 1.